The zero-order valence-corrected chi connectivity index (χ0v) is 16.8. The summed E-state index contributed by atoms with van der Waals surface area (Å²) in [6, 6.07) is 15.0. The van der Waals surface area contributed by atoms with Crippen molar-refractivity contribution in [3.8, 4) is 11.5 Å². The van der Waals surface area contributed by atoms with E-state index >= 15 is 0 Å². The number of nitrogens with one attached hydrogen (secondary N) is 2. The summed E-state index contributed by atoms with van der Waals surface area (Å²) in [5, 5.41) is 7.31. The fourth-order valence-corrected chi connectivity index (χ4v) is 3.46. The van der Waals surface area contributed by atoms with Crippen molar-refractivity contribution < 1.29 is 13.9 Å². The summed E-state index contributed by atoms with van der Waals surface area (Å²) in [6.45, 7) is 0. The van der Waals surface area contributed by atoms with Gasteiger partial charge < -0.3 is 15.5 Å². The van der Waals surface area contributed by atoms with Crippen LogP contribution in [0.1, 0.15) is 34.1 Å². The molecule has 2 N–H and O–H groups in total. The van der Waals surface area contributed by atoms with Crippen LogP contribution in [-0.2, 0) is 0 Å². The maximum absolute atomic E-state index is 13.3. The molecule has 2 heterocycles. The number of amides is 1. The maximum atomic E-state index is 13.3. The first-order chi connectivity index (χ1) is 14.5. The van der Waals surface area contributed by atoms with Gasteiger partial charge in [0.05, 0.1) is 11.8 Å². The third-order valence-corrected chi connectivity index (χ3v) is 5.03. The van der Waals surface area contributed by atoms with E-state index in [-0.39, 0.29) is 23.5 Å². The average molecular weight is 425 g/mol. The molecule has 4 rings (SSSR count). The number of aromatic nitrogens is 1. The number of hydrazone groups is 1. The van der Waals surface area contributed by atoms with Gasteiger partial charge in [-0.25, -0.2) is 4.39 Å². The highest BCUT2D eigenvalue weighted by Crippen LogP contribution is 2.31. The van der Waals surface area contributed by atoms with Gasteiger partial charge in [-0.2, -0.15) is 5.10 Å². The third-order valence-electron chi connectivity index (χ3n) is 4.71. The fourth-order valence-electron chi connectivity index (χ4n) is 3.16. The highest BCUT2D eigenvalue weighted by molar-refractivity contribution is 6.31. The van der Waals surface area contributed by atoms with Crippen LogP contribution in [0.2, 0.25) is 5.02 Å². The van der Waals surface area contributed by atoms with Crippen LogP contribution in [0.4, 0.5) is 4.39 Å². The van der Waals surface area contributed by atoms with Crippen molar-refractivity contribution in [2.75, 3.05) is 7.05 Å². The van der Waals surface area contributed by atoms with Crippen LogP contribution in [0, 0.1) is 5.82 Å². The lowest BCUT2D eigenvalue weighted by Gasteiger charge is -2.12. The molecular formula is C22H18ClFN4O2. The molecular weight excluding hydrogens is 407 g/mol. The molecule has 0 radical (unpaired) electrons. The molecule has 1 aliphatic rings. The van der Waals surface area contributed by atoms with Gasteiger partial charge in [0.15, 0.2) is 0 Å². The molecule has 0 saturated heterocycles. The standard InChI is InChI=1S/C22H18ClFN4O2/c1-25-22(29)21-11-16(8-9-26-21)30-15-5-2-13(3-6-15)19-12-20(28-27-19)17-7-4-14(24)10-18(17)23/h2-11,20,28H,12H2,1H3,(H,25,29). The van der Waals surface area contributed by atoms with Crippen LogP contribution in [0.3, 0.4) is 0 Å². The first-order valence-electron chi connectivity index (χ1n) is 9.27. The molecule has 0 aliphatic carbocycles. The van der Waals surface area contributed by atoms with Crippen molar-refractivity contribution in [1.29, 1.82) is 0 Å². The minimum absolute atomic E-state index is 0.107. The molecule has 1 aromatic heterocycles. The molecule has 3 aromatic rings. The molecule has 1 aliphatic heterocycles. The van der Waals surface area contributed by atoms with Crippen LogP contribution in [0.15, 0.2) is 65.9 Å². The second-order valence-corrected chi connectivity index (χ2v) is 7.10. The highest BCUT2D eigenvalue weighted by Gasteiger charge is 2.23. The quantitative estimate of drug-likeness (QED) is 0.633. The molecule has 2 aromatic carbocycles. The number of pyridine rings is 1. The van der Waals surface area contributed by atoms with Crippen LogP contribution in [0.25, 0.3) is 0 Å². The molecule has 0 saturated carbocycles. The van der Waals surface area contributed by atoms with E-state index in [1.54, 1.807) is 25.2 Å². The number of rotatable bonds is 5. The van der Waals surface area contributed by atoms with Gasteiger partial charge in [0.1, 0.15) is 23.0 Å². The van der Waals surface area contributed by atoms with Crippen molar-refractivity contribution in [3.63, 3.8) is 0 Å². The van der Waals surface area contributed by atoms with E-state index < -0.39 is 0 Å². The number of carbonyl (C=O) groups excluding carboxylic acids is 1. The monoisotopic (exact) mass is 424 g/mol. The Morgan fingerprint density at radius 1 is 1.17 bits per heavy atom. The van der Waals surface area contributed by atoms with Gasteiger partial charge in [-0.1, -0.05) is 17.7 Å². The number of benzene rings is 2. The normalized spacial score (nSPS) is 15.3. The summed E-state index contributed by atoms with van der Waals surface area (Å²) in [6.07, 6.45) is 2.15. The fraction of sp³-hybridized carbons (Fsp3) is 0.136. The summed E-state index contributed by atoms with van der Waals surface area (Å²) < 4.78 is 19.1. The van der Waals surface area contributed by atoms with Crippen molar-refractivity contribution in [2.24, 2.45) is 5.10 Å². The van der Waals surface area contributed by atoms with E-state index in [1.165, 1.54) is 18.3 Å². The minimum Gasteiger partial charge on any atom is -0.457 e. The number of nitrogens with zero attached hydrogens (tertiary/aromatic N) is 2. The van der Waals surface area contributed by atoms with E-state index in [2.05, 4.69) is 20.8 Å². The lowest BCUT2D eigenvalue weighted by atomic mass is 9.99. The Morgan fingerprint density at radius 2 is 1.97 bits per heavy atom. The largest absolute Gasteiger partial charge is 0.457 e. The molecule has 1 atom stereocenters. The molecule has 152 valence electrons. The van der Waals surface area contributed by atoms with Crippen molar-refractivity contribution in [1.82, 2.24) is 15.7 Å². The molecule has 1 amide bonds. The topological polar surface area (TPSA) is 75.6 Å². The van der Waals surface area contributed by atoms with Gasteiger partial charge >= 0.3 is 0 Å². The highest BCUT2D eigenvalue weighted by atomic mass is 35.5. The first-order valence-corrected chi connectivity index (χ1v) is 9.65. The molecule has 1 unspecified atom stereocenters. The Hall–Kier alpha value is -3.45. The van der Waals surface area contributed by atoms with E-state index in [1.807, 2.05) is 24.3 Å². The van der Waals surface area contributed by atoms with E-state index in [0.717, 1.165) is 16.8 Å². The van der Waals surface area contributed by atoms with Gasteiger partial charge in [0, 0.05) is 30.8 Å². The van der Waals surface area contributed by atoms with Gasteiger partial charge in [0.25, 0.3) is 5.91 Å². The number of carbonyl (C=O) groups is 1. The Kier molecular flexibility index (Phi) is 5.63. The van der Waals surface area contributed by atoms with E-state index in [9.17, 15) is 9.18 Å². The van der Waals surface area contributed by atoms with E-state index in [0.29, 0.717) is 22.9 Å². The van der Waals surface area contributed by atoms with Gasteiger partial charge in [-0.15, -0.1) is 0 Å². The SMILES string of the molecule is CNC(=O)c1cc(Oc2ccc(C3=NNC(c4ccc(F)cc4Cl)C3)cc2)ccn1. The van der Waals surface area contributed by atoms with Crippen molar-refractivity contribution in [3.05, 3.63) is 88.5 Å². The Morgan fingerprint density at radius 3 is 2.70 bits per heavy atom. The van der Waals surface area contributed by atoms with Crippen LogP contribution >= 0.6 is 11.6 Å². The Labute approximate surface area is 177 Å². The van der Waals surface area contributed by atoms with Crippen LogP contribution in [-0.4, -0.2) is 23.7 Å². The molecule has 0 fully saturated rings. The molecule has 30 heavy (non-hydrogen) atoms. The average Bonchev–Trinajstić information content (AvgIpc) is 3.24. The molecule has 6 nitrogen and oxygen atoms in total. The molecule has 0 bridgehead atoms. The number of halogens is 2. The van der Waals surface area contributed by atoms with Gasteiger partial charge in [0.2, 0.25) is 0 Å². The van der Waals surface area contributed by atoms with E-state index in [4.69, 9.17) is 16.3 Å². The van der Waals surface area contributed by atoms with Crippen LogP contribution in [0.5, 0.6) is 11.5 Å². The lowest BCUT2D eigenvalue weighted by molar-refractivity contribution is 0.0958. The summed E-state index contributed by atoms with van der Waals surface area (Å²) in [7, 11) is 1.55. The van der Waals surface area contributed by atoms with Crippen LogP contribution < -0.4 is 15.5 Å². The second kappa shape index (κ2) is 8.51. The zero-order valence-electron chi connectivity index (χ0n) is 16.0. The number of ether oxygens (including phenoxy) is 1. The number of hydrogen-bond donors (Lipinski definition) is 2. The van der Waals surface area contributed by atoms with Crippen molar-refractivity contribution >= 4 is 23.2 Å². The predicted molar refractivity (Wildman–Crippen MR) is 113 cm³/mol. The Balaban J connectivity index is 1.44. The molecule has 8 heteroatoms. The minimum atomic E-state index is -0.366. The summed E-state index contributed by atoms with van der Waals surface area (Å²) in [5.74, 6) is 0.494. The van der Waals surface area contributed by atoms with Crippen molar-refractivity contribution in [2.45, 2.75) is 12.5 Å². The number of hydrogen-bond acceptors (Lipinski definition) is 5. The Bertz CT molecular complexity index is 1120. The summed E-state index contributed by atoms with van der Waals surface area (Å²) in [4.78, 5) is 15.7. The third kappa shape index (κ3) is 4.26. The zero-order chi connectivity index (χ0) is 21.1. The lowest BCUT2D eigenvalue weighted by Crippen LogP contribution is -2.18. The summed E-state index contributed by atoms with van der Waals surface area (Å²) >= 11 is 6.16. The second-order valence-electron chi connectivity index (χ2n) is 6.69. The van der Waals surface area contributed by atoms with Gasteiger partial charge in [-0.05, 0) is 53.6 Å². The maximum Gasteiger partial charge on any atom is 0.269 e. The molecule has 0 spiro atoms. The first kappa shape index (κ1) is 19.8. The smallest absolute Gasteiger partial charge is 0.269 e. The summed E-state index contributed by atoms with van der Waals surface area (Å²) in [5.41, 5.74) is 5.97. The predicted octanol–water partition coefficient (Wildman–Crippen LogP) is 4.46. The van der Waals surface area contributed by atoms with Gasteiger partial charge in [-0.3, -0.25) is 9.78 Å².